The lowest BCUT2D eigenvalue weighted by molar-refractivity contribution is 0.145. The molecule has 6 heteroatoms. The van der Waals surface area contributed by atoms with Crippen molar-refractivity contribution in [2.45, 2.75) is 11.8 Å². The average molecular weight is 281 g/mol. The monoisotopic (exact) mass is 280 g/mol. The van der Waals surface area contributed by atoms with Crippen molar-refractivity contribution < 1.29 is 8.78 Å². The van der Waals surface area contributed by atoms with E-state index in [0.717, 1.165) is 0 Å². The Morgan fingerprint density at radius 1 is 1.64 bits per heavy atom. The SMILES string of the molecule is N#Cc1cc(Cl)nc(C(F)F)c1CBr. The topological polar surface area (TPSA) is 36.7 Å². The summed E-state index contributed by atoms with van der Waals surface area (Å²) in [5, 5.41) is 8.73. The van der Waals surface area contributed by atoms with E-state index in [2.05, 4.69) is 20.9 Å². The molecule has 0 aliphatic heterocycles. The van der Waals surface area contributed by atoms with Gasteiger partial charge in [-0.2, -0.15) is 5.26 Å². The van der Waals surface area contributed by atoms with Gasteiger partial charge in [-0.1, -0.05) is 27.5 Å². The van der Waals surface area contributed by atoms with Gasteiger partial charge in [-0.05, 0) is 6.07 Å². The van der Waals surface area contributed by atoms with Crippen LogP contribution in [0.4, 0.5) is 8.78 Å². The number of pyridine rings is 1. The Balaban J connectivity index is 3.41. The third-order valence-electron chi connectivity index (χ3n) is 1.59. The Morgan fingerprint density at radius 3 is 2.71 bits per heavy atom. The van der Waals surface area contributed by atoms with Gasteiger partial charge in [0.2, 0.25) is 0 Å². The highest BCUT2D eigenvalue weighted by Crippen LogP contribution is 2.27. The zero-order valence-corrected chi connectivity index (χ0v) is 9.11. The number of nitriles is 1. The fourth-order valence-electron chi connectivity index (χ4n) is 0.980. The number of alkyl halides is 3. The third-order valence-corrected chi connectivity index (χ3v) is 2.34. The van der Waals surface area contributed by atoms with Crippen molar-refractivity contribution >= 4 is 27.5 Å². The first-order valence-electron chi connectivity index (χ1n) is 3.53. The van der Waals surface area contributed by atoms with Gasteiger partial charge in [0, 0.05) is 10.9 Å². The van der Waals surface area contributed by atoms with E-state index < -0.39 is 12.1 Å². The van der Waals surface area contributed by atoms with E-state index in [-0.39, 0.29) is 21.6 Å². The Bertz CT molecular complexity index is 390. The largest absolute Gasteiger partial charge is 0.280 e. The minimum Gasteiger partial charge on any atom is -0.235 e. The highest BCUT2D eigenvalue weighted by atomic mass is 79.9. The molecule has 2 nitrogen and oxygen atoms in total. The number of rotatable bonds is 2. The van der Waals surface area contributed by atoms with Crippen LogP contribution in [0.5, 0.6) is 0 Å². The summed E-state index contributed by atoms with van der Waals surface area (Å²) in [4.78, 5) is 3.49. The Kier molecular flexibility index (Phi) is 3.78. The normalized spacial score (nSPS) is 10.3. The molecule has 0 amide bonds. The predicted octanol–water partition coefficient (Wildman–Crippen LogP) is 3.44. The zero-order valence-electron chi connectivity index (χ0n) is 6.77. The van der Waals surface area contributed by atoms with Crippen LogP contribution < -0.4 is 0 Å². The molecule has 1 aromatic heterocycles. The maximum Gasteiger partial charge on any atom is 0.280 e. The summed E-state index contributed by atoms with van der Waals surface area (Å²) in [6.45, 7) is 0. The minimum absolute atomic E-state index is 0.0958. The molecular formula is C8H4BrClF2N2. The van der Waals surface area contributed by atoms with E-state index in [4.69, 9.17) is 16.9 Å². The van der Waals surface area contributed by atoms with Gasteiger partial charge in [-0.25, -0.2) is 13.8 Å². The predicted molar refractivity (Wildman–Crippen MR) is 51.6 cm³/mol. The van der Waals surface area contributed by atoms with Crippen LogP contribution in [0, 0.1) is 11.3 Å². The lowest BCUT2D eigenvalue weighted by Crippen LogP contribution is -2.00. The molecular weight excluding hydrogens is 277 g/mol. The van der Waals surface area contributed by atoms with Crippen molar-refractivity contribution in [3.8, 4) is 6.07 Å². The summed E-state index contributed by atoms with van der Waals surface area (Å²) in [5.74, 6) is 0. The lowest BCUT2D eigenvalue weighted by Gasteiger charge is -2.07. The molecule has 0 atom stereocenters. The number of nitrogens with zero attached hydrogens (tertiary/aromatic N) is 2. The second-order valence-corrected chi connectivity index (χ2v) is 3.35. The molecule has 0 aliphatic rings. The van der Waals surface area contributed by atoms with Gasteiger partial charge in [0.15, 0.2) is 0 Å². The van der Waals surface area contributed by atoms with Gasteiger partial charge in [-0.3, -0.25) is 0 Å². The average Bonchev–Trinajstić information content (AvgIpc) is 2.16. The molecule has 0 fully saturated rings. The molecule has 14 heavy (non-hydrogen) atoms. The van der Waals surface area contributed by atoms with Gasteiger partial charge in [-0.15, -0.1) is 0 Å². The van der Waals surface area contributed by atoms with Gasteiger partial charge in [0.05, 0.1) is 11.6 Å². The zero-order chi connectivity index (χ0) is 10.7. The standard InChI is InChI=1S/C8H4BrClF2N2/c9-2-5-4(3-13)1-6(10)14-7(5)8(11)12/h1,8H,2H2. The fraction of sp³-hybridized carbons (Fsp3) is 0.250. The van der Waals surface area contributed by atoms with Crippen molar-refractivity contribution in [1.82, 2.24) is 4.98 Å². The van der Waals surface area contributed by atoms with Crippen LogP contribution in [0.15, 0.2) is 6.07 Å². The maximum atomic E-state index is 12.5. The van der Waals surface area contributed by atoms with Crippen LogP contribution in [0.25, 0.3) is 0 Å². The van der Waals surface area contributed by atoms with Crippen LogP contribution >= 0.6 is 27.5 Å². The Hall–Kier alpha value is -0.730. The summed E-state index contributed by atoms with van der Waals surface area (Å²) >= 11 is 8.52. The number of aromatic nitrogens is 1. The van der Waals surface area contributed by atoms with E-state index in [9.17, 15) is 8.78 Å². The van der Waals surface area contributed by atoms with Gasteiger partial charge in [0.25, 0.3) is 6.43 Å². The highest BCUT2D eigenvalue weighted by molar-refractivity contribution is 9.08. The first-order valence-corrected chi connectivity index (χ1v) is 5.03. The first-order chi connectivity index (χ1) is 6.60. The molecule has 1 heterocycles. The fourth-order valence-corrected chi connectivity index (χ4v) is 1.77. The summed E-state index contributed by atoms with van der Waals surface area (Å²) < 4.78 is 24.9. The molecule has 74 valence electrons. The van der Waals surface area contributed by atoms with Crippen molar-refractivity contribution in [3.63, 3.8) is 0 Å². The van der Waals surface area contributed by atoms with Crippen LogP contribution in [0.3, 0.4) is 0 Å². The number of hydrogen-bond donors (Lipinski definition) is 0. The minimum atomic E-state index is -2.73. The van der Waals surface area contributed by atoms with E-state index in [1.165, 1.54) is 6.07 Å². The number of halogens is 4. The Labute approximate surface area is 92.6 Å². The second-order valence-electron chi connectivity index (χ2n) is 2.40. The van der Waals surface area contributed by atoms with Crippen LogP contribution in [-0.4, -0.2) is 4.98 Å². The maximum absolute atomic E-state index is 12.5. The molecule has 0 bridgehead atoms. The summed E-state index contributed by atoms with van der Waals surface area (Å²) in [6.07, 6.45) is -2.73. The molecule has 0 radical (unpaired) electrons. The lowest BCUT2D eigenvalue weighted by atomic mass is 10.1. The molecule has 0 unspecified atom stereocenters. The second kappa shape index (κ2) is 4.67. The third kappa shape index (κ3) is 2.20. The highest BCUT2D eigenvalue weighted by Gasteiger charge is 2.18. The van der Waals surface area contributed by atoms with Crippen molar-refractivity contribution in [3.05, 3.63) is 28.0 Å². The molecule has 0 aliphatic carbocycles. The Morgan fingerprint density at radius 2 is 2.29 bits per heavy atom. The van der Waals surface area contributed by atoms with Crippen molar-refractivity contribution in [2.24, 2.45) is 0 Å². The summed E-state index contributed by atoms with van der Waals surface area (Å²) in [7, 11) is 0. The molecule has 1 rings (SSSR count). The molecule has 0 N–H and O–H groups in total. The van der Waals surface area contributed by atoms with Crippen LogP contribution in [0.1, 0.15) is 23.2 Å². The molecule has 0 spiro atoms. The van der Waals surface area contributed by atoms with E-state index in [0.29, 0.717) is 0 Å². The number of hydrogen-bond acceptors (Lipinski definition) is 2. The first kappa shape index (κ1) is 11.3. The van der Waals surface area contributed by atoms with Crippen LogP contribution in [0.2, 0.25) is 5.15 Å². The molecule has 0 saturated carbocycles. The van der Waals surface area contributed by atoms with E-state index in [1.807, 2.05) is 0 Å². The van der Waals surface area contributed by atoms with Gasteiger partial charge < -0.3 is 0 Å². The van der Waals surface area contributed by atoms with Crippen molar-refractivity contribution in [2.75, 3.05) is 0 Å². The smallest absolute Gasteiger partial charge is 0.235 e. The summed E-state index contributed by atoms with van der Waals surface area (Å²) in [6, 6.07) is 3.06. The van der Waals surface area contributed by atoms with E-state index in [1.54, 1.807) is 6.07 Å². The molecule has 1 aromatic rings. The van der Waals surface area contributed by atoms with Crippen LogP contribution in [-0.2, 0) is 5.33 Å². The summed E-state index contributed by atoms with van der Waals surface area (Å²) in [5.41, 5.74) is -0.130. The van der Waals surface area contributed by atoms with E-state index >= 15 is 0 Å². The molecule has 0 aromatic carbocycles. The quantitative estimate of drug-likeness (QED) is 0.615. The molecule has 0 saturated heterocycles. The van der Waals surface area contributed by atoms with Crippen molar-refractivity contribution in [1.29, 1.82) is 5.26 Å². The van der Waals surface area contributed by atoms with Gasteiger partial charge in [0.1, 0.15) is 10.8 Å². The van der Waals surface area contributed by atoms with Gasteiger partial charge >= 0.3 is 0 Å².